The molecule has 5 nitrogen and oxygen atoms in total. The second-order valence-electron chi connectivity index (χ2n) is 4.51. The number of rotatable bonds is 4. The van der Waals surface area contributed by atoms with Crippen LogP contribution in [0.25, 0.3) is 0 Å². The molecule has 1 heterocycles. The van der Waals surface area contributed by atoms with E-state index in [4.69, 9.17) is 4.74 Å². The third-order valence-corrected chi connectivity index (χ3v) is 3.10. The van der Waals surface area contributed by atoms with Crippen LogP contribution in [0.1, 0.15) is 12.5 Å². The molecular weight excluding hydrogens is 334 g/mol. The number of halogens is 1. The lowest BCUT2D eigenvalue weighted by Gasteiger charge is -2.15. The predicted octanol–water partition coefficient (Wildman–Crippen LogP) is 3.39. The van der Waals surface area contributed by atoms with Crippen molar-refractivity contribution in [2.24, 2.45) is 4.99 Å². The quantitative estimate of drug-likeness (QED) is 0.905. The molecule has 6 heteroatoms. The average molecular weight is 350 g/mol. The largest absolute Gasteiger partial charge is 0.497 e. The van der Waals surface area contributed by atoms with Crippen molar-refractivity contribution in [1.29, 1.82) is 0 Å². The van der Waals surface area contributed by atoms with Crippen molar-refractivity contribution in [3.63, 3.8) is 0 Å². The molecule has 0 unspecified atom stereocenters. The van der Waals surface area contributed by atoms with E-state index in [1.807, 2.05) is 31.2 Å². The first-order chi connectivity index (χ1) is 10.0. The monoisotopic (exact) mass is 349 g/mol. The number of hydrogen-bond donors (Lipinski definition) is 1. The number of urea groups is 1. The molecule has 110 valence electrons. The number of allylic oxidation sites excluding steroid dienone is 1. The van der Waals surface area contributed by atoms with Gasteiger partial charge in [-0.25, -0.2) is 9.79 Å². The number of amides is 2. The molecule has 1 aliphatic rings. The van der Waals surface area contributed by atoms with Crippen molar-refractivity contribution in [3.8, 4) is 5.75 Å². The van der Waals surface area contributed by atoms with Crippen LogP contribution in [0.5, 0.6) is 5.75 Å². The number of nitrogens with one attached hydrogen (secondary N) is 1. The summed E-state index contributed by atoms with van der Waals surface area (Å²) in [5.74, 6) is 1.30. The number of amidine groups is 1. The third-order valence-electron chi connectivity index (χ3n) is 2.89. The van der Waals surface area contributed by atoms with E-state index in [2.05, 4.69) is 32.8 Å². The third kappa shape index (κ3) is 3.72. The van der Waals surface area contributed by atoms with E-state index in [1.165, 1.54) is 0 Å². The Morgan fingerprint density at radius 2 is 2.14 bits per heavy atom. The van der Waals surface area contributed by atoms with Crippen LogP contribution in [0.3, 0.4) is 0 Å². The molecule has 1 aromatic carbocycles. The van der Waals surface area contributed by atoms with Gasteiger partial charge < -0.3 is 10.1 Å². The van der Waals surface area contributed by atoms with E-state index in [1.54, 1.807) is 18.2 Å². The molecule has 0 bridgehead atoms. The smallest absolute Gasteiger partial charge is 0.327 e. The highest BCUT2D eigenvalue weighted by atomic mass is 79.9. The lowest BCUT2D eigenvalue weighted by Crippen LogP contribution is -2.30. The maximum atomic E-state index is 12.0. The van der Waals surface area contributed by atoms with Crippen molar-refractivity contribution < 1.29 is 9.53 Å². The summed E-state index contributed by atoms with van der Waals surface area (Å²) < 4.78 is 5.99. The number of ether oxygens (including phenoxy) is 1. The van der Waals surface area contributed by atoms with Crippen LogP contribution in [-0.2, 0) is 6.54 Å². The van der Waals surface area contributed by atoms with E-state index in [0.717, 1.165) is 15.8 Å². The molecule has 1 N–H and O–H groups in total. The number of nitrogens with zero attached hydrogens (tertiary/aromatic N) is 2. The van der Waals surface area contributed by atoms with Gasteiger partial charge in [0.2, 0.25) is 0 Å². The molecule has 0 aromatic heterocycles. The first-order valence-electron chi connectivity index (χ1n) is 6.32. The van der Waals surface area contributed by atoms with Crippen LogP contribution < -0.4 is 10.1 Å². The van der Waals surface area contributed by atoms with Crippen LogP contribution in [0.15, 0.2) is 52.2 Å². The van der Waals surface area contributed by atoms with Gasteiger partial charge >= 0.3 is 6.03 Å². The molecule has 0 atom stereocenters. The minimum Gasteiger partial charge on any atom is -0.497 e. The molecule has 21 heavy (non-hydrogen) atoms. The first kappa shape index (κ1) is 15.3. The molecule has 1 fully saturated rings. The highest BCUT2D eigenvalue weighted by molar-refractivity contribution is 9.11. The van der Waals surface area contributed by atoms with E-state index < -0.39 is 0 Å². The fourth-order valence-corrected chi connectivity index (χ4v) is 1.97. The number of hydrogen-bond acceptors (Lipinski definition) is 3. The second-order valence-corrected chi connectivity index (χ2v) is 5.76. The van der Waals surface area contributed by atoms with Gasteiger partial charge in [0.15, 0.2) is 5.84 Å². The summed E-state index contributed by atoms with van der Waals surface area (Å²) in [6.45, 7) is 6.10. The minimum absolute atomic E-state index is 0.227. The van der Waals surface area contributed by atoms with Crippen molar-refractivity contribution in [3.05, 3.63) is 52.8 Å². The Bertz CT molecular complexity index is 616. The van der Waals surface area contributed by atoms with Gasteiger partial charge in [0, 0.05) is 10.7 Å². The van der Waals surface area contributed by atoms with Gasteiger partial charge in [-0.1, -0.05) is 34.6 Å². The van der Waals surface area contributed by atoms with E-state index in [9.17, 15) is 4.79 Å². The second kappa shape index (κ2) is 6.58. The normalized spacial score (nSPS) is 17.4. The maximum absolute atomic E-state index is 12.0. The molecule has 2 amide bonds. The summed E-state index contributed by atoms with van der Waals surface area (Å²) in [5, 5.41) is 2.68. The SMILES string of the molecule is C=C1NC(=O)N(Cc2ccc(OC)cc2)/C1=N/C=C(\C)Br. The molecule has 0 saturated carbocycles. The lowest BCUT2D eigenvalue weighted by molar-refractivity contribution is 0.227. The zero-order valence-corrected chi connectivity index (χ0v) is 13.5. The summed E-state index contributed by atoms with van der Waals surface area (Å²) in [7, 11) is 1.62. The van der Waals surface area contributed by atoms with Gasteiger partial charge in [0.1, 0.15) is 5.75 Å². The van der Waals surface area contributed by atoms with Crippen molar-refractivity contribution in [1.82, 2.24) is 10.2 Å². The molecule has 2 rings (SSSR count). The Morgan fingerprint density at radius 3 is 2.71 bits per heavy atom. The lowest BCUT2D eigenvalue weighted by atomic mass is 10.2. The Labute approximate surface area is 132 Å². The predicted molar refractivity (Wildman–Crippen MR) is 86.3 cm³/mol. The molecule has 0 aliphatic carbocycles. The molecule has 1 aromatic rings. The van der Waals surface area contributed by atoms with E-state index in [-0.39, 0.29) is 6.03 Å². The summed E-state index contributed by atoms with van der Waals surface area (Å²) in [6, 6.07) is 7.32. The topological polar surface area (TPSA) is 53.9 Å². The van der Waals surface area contributed by atoms with Crippen molar-refractivity contribution in [2.75, 3.05) is 7.11 Å². The van der Waals surface area contributed by atoms with Gasteiger partial charge in [-0.05, 0) is 24.6 Å². The number of methoxy groups -OCH3 is 1. The summed E-state index contributed by atoms with van der Waals surface area (Å²) in [6.07, 6.45) is 1.64. The number of carbonyl (C=O) groups excluding carboxylic acids is 1. The fraction of sp³-hybridized carbons (Fsp3) is 0.200. The fourth-order valence-electron chi connectivity index (χ4n) is 1.87. The number of carbonyl (C=O) groups is 1. The van der Waals surface area contributed by atoms with Crippen LogP contribution in [0.4, 0.5) is 4.79 Å². The van der Waals surface area contributed by atoms with Crippen LogP contribution >= 0.6 is 15.9 Å². The van der Waals surface area contributed by atoms with Gasteiger partial charge in [-0.2, -0.15) is 0 Å². The van der Waals surface area contributed by atoms with Gasteiger partial charge in [0.05, 0.1) is 19.4 Å². The molecule has 0 radical (unpaired) electrons. The van der Waals surface area contributed by atoms with Gasteiger partial charge in [-0.3, -0.25) is 4.90 Å². The Kier molecular flexibility index (Phi) is 4.80. The first-order valence-corrected chi connectivity index (χ1v) is 7.11. The van der Waals surface area contributed by atoms with E-state index >= 15 is 0 Å². The molecule has 1 saturated heterocycles. The number of aliphatic imine (C=N–C) groups is 1. The zero-order valence-electron chi connectivity index (χ0n) is 11.9. The standard InChI is InChI=1S/C15H16BrN3O2/c1-10(16)8-17-14-11(2)18-15(20)19(14)9-12-4-6-13(21-3)7-5-12/h4-8H,2,9H2,1,3H3,(H,18,20)/b10-8+,17-14+. The highest BCUT2D eigenvalue weighted by Gasteiger charge is 2.30. The van der Waals surface area contributed by atoms with Crippen LogP contribution in [-0.4, -0.2) is 23.9 Å². The molecular formula is C15H16BrN3O2. The van der Waals surface area contributed by atoms with E-state index in [0.29, 0.717) is 18.1 Å². The summed E-state index contributed by atoms with van der Waals surface area (Å²) >= 11 is 3.31. The Hall–Kier alpha value is -2.08. The average Bonchev–Trinajstić information content (AvgIpc) is 2.72. The Morgan fingerprint density at radius 1 is 1.48 bits per heavy atom. The van der Waals surface area contributed by atoms with Crippen molar-refractivity contribution >= 4 is 27.8 Å². The Balaban J connectivity index is 2.22. The molecule has 0 spiro atoms. The highest BCUT2D eigenvalue weighted by Crippen LogP contribution is 2.18. The minimum atomic E-state index is -0.227. The zero-order chi connectivity index (χ0) is 15.4. The number of benzene rings is 1. The summed E-state index contributed by atoms with van der Waals surface area (Å²) in [4.78, 5) is 17.8. The van der Waals surface area contributed by atoms with Crippen molar-refractivity contribution in [2.45, 2.75) is 13.5 Å². The van der Waals surface area contributed by atoms with Gasteiger partial charge in [-0.15, -0.1) is 0 Å². The van der Waals surface area contributed by atoms with Crippen LogP contribution in [0, 0.1) is 0 Å². The maximum Gasteiger partial charge on any atom is 0.327 e. The molecule has 1 aliphatic heterocycles. The van der Waals surface area contributed by atoms with Gasteiger partial charge in [0.25, 0.3) is 0 Å². The van der Waals surface area contributed by atoms with Crippen LogP contribution in [0.2, 0.25) is 0 Å². The summed E-state index contributed by atoms with van der Waals surface area (Å²) in [5.41, 5.74) is 1.48.